The van der Waals surface area contributed by atoms with E-state index in [1.165, 1.54) is 32.9 Å². The Bertz CT molecular complexity index is 560. The van der Waals surface area contributed by atoms with E-state index in [0.29, 0.717) is 0 Å². The fourth-order valence-electron chi connectivity index (χ4n) is 2.61. The predicted octanol–water partition coefficient (Wildman–Crippen LogP) is 4.20. The molecule has 0 aliphatic heterocycles. The minimum atomic E-state index is 0. The summed E-state index contributed by atoms with van der Waals surface area (Å²) in [4.78, 5) is 0. The van der Waals surface area contributed by atoms with Gasteiger partial charge in [0, 0.05) is 16.8 Å². The zero-order valence-corrected chi connectivity index (χ0v) is 20.1. The summed E-state index contributed by atoms with van der Waals surface area (Å²) < 4.78 is 10.4. The fourth-order valence-corrected chi connectivity index (χ4v) is 3.61. The molecule has 0 saturated carbocycles. The van der Waals surface area contributed by atoms with Crippen molar-refractivity contribution in [1.82, 2.24) is 0 Å². The molecular weight excluding hydrogens is 449 g/mol. The third-order valence-corrected chi connectivity index (χ3v) is 4.04. The number of aryl methyl sites for hydroxylation is 4. The quantitative estimate of drug-likeness (QED) is 0.606. The van der Waals surface area contributed by atoms with Gasteiger partial charge in [0.1, 0.15) is 11.5 Å². The van der Waals surface area contributed by atoms with Crippen molar-refractivity contribution in [2.75, 3.05) is 14.2 Å². The second kappa shape index (κ2) is 12.3. The first-order valence-electron chi connectivity index (χ1n) is 7.11. The molecule has 24 heavy (non-hydrogen) atoms. The van der Waals surface area contributed by atoms with Crippen molar-refractivity contribution < 1.29 is 26.3 Å². The minimum Gasteiger partial charge on any atom is -0.496 e. The van der Waals surface area contributed by atoms with Gasteiger partial charge >= 0.3 is 0 Å². The standard InChI is InChI=1S/2C9H13OP.BrH.Co/c2*1-6-4-8(11)5-7(2)9(6)10-3;;/h2*4-5H,11H2,1-3H3;1H;. The Morgan fingerprint density at radius 1 is 0.625 bits per heavy atom. The van der Waals surface area contributed by atoms with E-state index >= 15 is 0 Å². The molecule has 0 spiro atoms. The molecule has 1 radical (unpaired) electrons. The summed E-state index contributed by atoms with van der Waals surface area (Å²) in [7, 11) is 8.78. The molecule has 0 fully saturated rings. The third kappa shape index (κ3) is 7.41. The maximum atomic E-state index is 5.22. The van der Waals surface area contributed by atoms with Gasteiger partial charge in [-0.25, -0.2) is 0 Å². The van der Waals surface area contributed by atoms with Crippen molar-refractivity contribution in [1.29, 1.82) is 0 Å². The van der Waals surface area contributed by atoms with E-state index in [2.05, 4.69) is 70.4 Å². The van der Waals surface area contributed by atoms with Crippen LogP contribution >= 0.6 is 35.5 Å². The SMILES string of the molecule is Br.COc1c(C)cc(P)cc1C.COc1c(C)cc(P)cc1C.[Co]. The van der Waals surface area contributed by atoms with Crippen LogP contribution in [-0.2, 0) is 16.8 Å². The van der Waals surface area contributed by atoms with Gasteiger partial charge in [0.15, 0.2) is 0 Å². The van der Waals surface area contributed by atoms with Gasteiger partial charge in [0.2, 0.25) is 0 Å². The molecule has 2 nitrogen and oxygen atoms in total. The van der Waals surface area contributed by atoms with Crippen molar-refractivity contribution in [2.45, 2.75) is 27.7 Å². The Balaban J connectivity index is 0. The summed E-state index contributed by atoms with van der Waals surface area (Å²) in [6, 6.07) is 8.38. The Morgan fingerprint density at radius 3 is 1.00 bits per heavy atom. The molecule has 0 amide bonds. The maximum absolute atomic E-state index is 5.22. The molecule has 0 aliphatic carbocycles. The van der Waals surface area contributed by atoms with Gasteiger partial charge in [-0.2, -0.15) is 0 Å². The molecule has 6 heteroatoms. The maximum Gasteiger partial charge on any atom is 0.124 e. The molecule has 2 atom stereocenters. The van der Waals surface area contributed by atoms with Gasteiger partial charge in [0.25, 0.3) is 0 Å². The fraction of sp³-hybridized carbons (Fsp3) is 0.333. The third-order valence-electron chi connectivity index (χ3n) is 3.37. The van der Waals surface area contributed by atoms with Gasteiger partial charge in [-0.15, -0.1) is 35.5 Å². The molecule has 0 aromatic heterocycles. The zero-order valence-electron chi connectivity index (χ0n) is 15.0. The van der Waals surface area contributed by atoms with Crippen LogP contribution in [0.3, 0.4) is 0 Å². The van der Waals surface area contributed by atoms with E-state index in [-0.39, 0.29) is 33.8 Å². The number of hydrogen-bond donors (Lipinski definition) is 0. The Hall–Kier alpha value is -0.114. The number of benzene rings is 2. The van der Waals surface area contributed by atoms with Crippen molar-refractivity contribution in [3.05, 3.63) is 46.5 Å². The second-order valence-electron chi connectivity index (χ2n) is 5.38. The summed E-state index contributed by atoms with van der Waals surface area (Å²) in [5.74, 6) is 1.99. The zero-order chi connectivity index (χ0) is 16.9. The van der Waals surface area contributed by atoms with Crippen LogP contribution in [0.25, 0.3) is 0 Å². The van der Waals surface area contributed by atoms with Crippen LogP contribution in [0.4, 0.5) is 0 Å². The molecule has 2 aromatic carbocycles. The van der Waals surface area contributed by atoms with Crippen molar-refractivity contribution in [3.8, 4) is 11.5 Å². The first-order valence-corrected chi connectivity index (χ1v) is 8.27. The molecular formula is C18H27BrCoO2P2. The van der Waals surface area contributed by atoms with Crippen LogP contribution in [0.1, 0.15) is 22.3 Å². The van der Waals surface area contributed by atoms with Crippen LogP contribution < -0.4 is 20.1 Å². The van der Waals surface area contributed by atoms with E-state index < -0.39 is 0 Å². The van der Waals surface area contributed by atoms with E-state index in [0.717, 1.165) is 11.5 Å². The number of rotatable bonds is 2. The van der Waals surface area contributed by atoms with Crippen molar-refractivity contribution in [3.63, 3.8) is 0 Å². The van der Waals surface area contributed by atoms with Gasteiger partial charge in [-0.05, 0) is 84.8 Å². The first kappa shape index (κ1) is 26.1. The van der Waals surface area contributed by atoms with E-state index in [4.69, 9.17) is 9.47 Å². The molecule has 0 bridgehead atoms. The van der Waals surface area contributed by atoms with E-state index in [1.54, 1.807) is 14.2 Å². The summed E-state index contributed by atoms with van der Waals surface area (Å²) >= 11 is 0. The Kier molecular flexibility index (Phi) is 13.4. The average Bonchev–Trinajstić information content (AvgIpc) is 2.38. The van der Waals surface area contributed by atoms with Crippen molar-refractivity contribution >= 4 is 46.1 Å². The second-order valence-corrected chi connectivity index (χ2v) is 6.71. The molecule has 2 rings (SSSR count). The largest absolute Gasteiger partial charge is 0.496 e. The van der Waals surface area contributed by atoms with E-state index in [1.807, 2.05) is 0 Å². The minimum absolute atomic E-state index is 0. The molecule has 0 N–H and O–H groups in total. The number of hydrogen-bond acceptors (Lipinski definition) is 2. The average molecular weight is 476 g/mol. The van der Waals surface area contributed by atoms with Gasteiger partial charge in [0.05, 0.1) is 14.2 Å². The molecule has 0 saturated heterocycles. The molecule has 0 heterocycles. The van der Waals surface area contributed by atoms with Crippen LogP contribution in [-0.4, -0.2) is 14.2 Å². The summed E-state index contributed by atoms with van der Waals surface area (Å²) in [6.07, 6.45) is 0. The van der Waals surface area contributed by atoms with Crippen molar-refractivity contribution in [2.24, 2.45) is 0 Å². The van der Waals surface area contributed by atoms with Gasteiger partial charge in [-0.3, -0.25) is 0 Å². The Morgan fingerprint density at radius 2 is 0.833 bits per heavy atom. The Labute approximate surface area is 171 Å². The van der Waals surface area contributed by atoms with Crippen LogP contribution in [0.2, 0.25) is 0 Å². The summed E-state index contributed by atoms with van der Waals surface area (Å²) in [5.41, 5.74) is 4.77. The predicted molar refractivity (Wildman–Crippen MR) is 114 cm³/mol. The molecule has 137 valence electrons. The molecule has 2 unspecified atom stereocenters. The smallest absolute Gasteiger partial charge is 0.124 e. The van der Waals surface area contributed by atoms with Gasteiger partial charge < -0.3 is 9.47 Å². The summed E-state index contributed by atoms with van der Waals surface area (Å²) in [6.45, 7) is 8.22. The number of halogens is 1. The summed E-state index contributed by atoms with van der Waals surface area (Å²) in [5, 5.41) is 2.42. The van der Waals surface area contributed by atoms with Crippen LogP contribution in [0.15, 0.2) is 24.3 Å². The molecule has 0 aliphatic rings. The van der Waals surface area contributed by atoms with Crippen LogP contribution in [0.5, 0.6) is 11.5 Å². The van der Waals surface area contributed by atoms with Gasteiger partial charge in [-0.1, -0.05) is 0 Å². The topological polar surface area (TPSA) is 18.5 Å². The molecule has 2 aromatic rings. The van der Waals surface area contributed by atoms with E-state index in [9.17, 15) is 0 Å². The normalized spacial score (nSPS) is 9.00. The first-order chi connectivity index (χ1) is 10.3. The van der Waals surface area contributed by atoms with Crippen LogP contribution in [0, 0.1) is 27.7 Å². The number of ether oxygens (including phenoxy) is 2. The number of methoxy groups -OCH3 is 2. The monoisotopic (exact) mass is 475 g/mol.